The van der Waals surface area contributed by atoms with Crippen molar-refractivity contribution in [1.29, 1.82) is 0 Å². The quantitative estimate of drug-likeness (QED) is 0.633. The average molecular weight is 434 g/mol. The number of nitrogens with zero attached hydrogens (tertiary/aromatic N) is 2. The third-order valence-corrected chi connectivity index (χ3v) is 5.56. The van der Waals surface area contributed by atoms with Crippen molar-refractivity contribution >= 4 is 39.0 Å². The minimum absolute atomic E-state index is 0.259. The van der Waals surface area contributed by atoms with Gasteiger partial charge in [-0.3, -0.25) is 9.69 Å². The molecule has 5 rings (SSSR count). The number of carbonyl (C=O) groups excluding carboxylic acids is 1. The molecule has 0 radical (unpaired) electrons. The lowest BCUT2D eigenvalue weighted by atomic mass is 10.00. The van der Waals surface area contributed by atoms with E-state index in [2.05, 4.69) is 26.4 Å². The second-order valence-electron chi connectivity index (χ2n) is 6.83. The van der Waals surface area contributed by atoms with Crippen molar-refractivity contribution < 1.29 is 9.63 Å². The van der Waals surface area contributed by atoms with Gasteiger partial charge in [-0.15, -0.1) is 0 Å². The van der Waals surface area contributed by atoms with Crippen LogP contribution in [0, 0.1) is 6.92 Å². The highest BCUT2D eigenvalue weighted by atomic mass is 79.9. The van der Waals surface area contributed by atoms with Gasteiger partial charge in [0.2, 0.25) is 0 Å². The number of oxime groups is 1. The largest absolute Gasteiger partial charge is 0.349 e. The molecule has 0 saturated carbocycles. The maximum atomic E-state index is 13.2. The van der Waals surface area contributed by atoms with Gasteiger partial charge in [-0.1, -0.05) is 69.1 Å². The van der Waals surface area contributed by atoms with Crippen molar-refractivity contribution in [3.05, 3.63) is 94.0 Å². The van der Waals surface area contributed by atoms with Gasteiger partial charge in [0.15, 0.2) is 5.84 Å². The highest BCUT2D eigenvalue weighted by Gasteiger charge is 2.59. The summed E-state index contributed by atoms with van der Waals surface area (Å²) in [4.78, 5) is 21.0. The van der Waals surface area contributed by atoms with Crippen LogP contribution in [-0.2, 0) is 15.4 Å². The molecule has 0 saturated heterocycles. The number of nitrogens with one attached hydrogen (secondary N) is 1. The van der Waals surface area contributed by atoms with Crippen molar-refractivity contribution in [2.45, 2.75) is 12.6 Å². The zero-order valence-corrected chi connectivity index (χ0v) is 16.6. The number of aryl methyl sites for hydroxylation is 1. The molecule has 1 N–H and O–H groups in total. The van der Waals surface area contributed by atoms with Gasteiger partial charge >= 0.3 is 5.72 Å². The molecule has 2 heterocycles. The standard InChI is InChI=1S/C22H16BrN3O2/c1-14-6-12-17(13-7-14)26-20(15-8-10-16(23)11-9-15)25-28-22(26)18-4-2-3-5-19(18)24-21(22)27/h2-13H,1H3,(H,24,27). The molecule has 28 heavy (non-hydrogen) atoms. The van der Waals surface area contributed by atoms with Crippen LogP contribution in [0.15, 0.2) is 82.4 Å². The lowest BCUT2D eigenvalue weighted by molar-refractivity contribution is -0.137. The molecule has 2 aliphatic heterocycles. The molecule has 1 amide bonds. The normalized spacial score (nSPS) is 20.0. The molecular formula is C22H16BrN3O2. The molecule has 1 spiro atoms. The Kier molecular flexibility index (Phi) is 3.77. The van der Waals surface area contributed by atoms with Crippen molar-refractivity contribution in [2.75, 3.05) is 10.2 Å². The molecule has 0 bridgehead atoms. The number of para-hydroxylation sites is 1. The van der Waals surface area contributed by atoms with E-state index < -0.39 is 5.72 Å². The fourth-order valence-electron chi connectivity index (χ4n) is 3.65. The highest BCUT2D eigenvalue weighted by molar-refractivity contribution is 9.10. The van der Waals surface area contributed by atoms with Gasteiger partial charge in [-0.2, -0.15) is 0 Å². The van der Waals surface area contributed by atoms with Crippen LogP contribution in [0.2, 0.25) is 0 Å². The molecule has 2 aliphatic rings. The molecule has 0 aliphatic carbocycles. The molecule has 1 atom stereocenters. The van der Waals surface area contributed by atoms with E-state index in [9.17, 15) is 4.79 Å². The first-order valence-electron chi connectivity index (χ1n) is 8.89. The smallest absolute Gasteiger partial charge is 0.322 e. The van der Waals surface area contributed by atoms with Crippen LogP contribution in [0.3, 0.4) is 0 Å². The van der Waals surface area contributed by atoms with Gasteiger partial charge in [0.25, 0.3) is 5.91 Å². The van der Waals surface area contributed by atoms with E-state index in [1.807, 2.05) is 84.6 Å². The fraction of sp³-hybridized carbons (Fsp3) is 0.0909. The molecule has 5 nitrogen and oxygen atoms in total. The van der Waals surface area contributed by atoms with Crippen LogP contribution in [0.25, 0.3) is 0 Å². The SMILES string of the molecule is Cc1ccc(N2C(c3ccc(Br)cc3)=NOC23C(=O)Nc2ccccc23)cc1. The Morgan fingerprint density at radius 1 is 1.00 bits per heavy atom. The number of amidine groups is 1. The molecule has 1 unspecified atom stereocenters. The predicted octanol–water partition coefficient (Wildman–Crippen LogP) is 4.76. The molecular weight excluding hydrogens is 418 g/mol. The number of hydrogen-bond donors (Lipinski definition) is 1. The fourth-order valence-corrected chi connectivity index (χ4v) is 3.91. The average Bonchev–Trinajstić information content (AvgIpc) is 3.23. The Labute approximate surface area is 170 Å². The van der Waals surface area contributed by atoms with Crippen LogP contribution in [0.5, 0.6) is 0 Å². The number of halogens is 1. The van der Waals surface area contributed by atoms with E-state index in [0.717, 1.165) is 32.5 Å². The first-order valence-corrected chi connectivity index (χ1v) is 9.69. The summed E-state index contributed by atoms with van der Waals surface area (Å²) in [5.41, 5.74) is 2.94. The van der Waals surface area contributed by atoms with E-state index >= 15 is 0 Å². The van der Waals surface area contributed by atoms with Crippen LogP contribution in [-0.4, -0.2) is 11.7 Å². The van der Waals surface area contributed by atoms with Crippen LogP contribution in [0.1, 0.15) is 16.7 Å². The van der Waals surface area contributed by atoms with Crippen LogP contribution >= 0.6 is 15.9 Å². The van der Waals surface area contributed by atoms with Gasteiger partial charge in [-0.05, 0) is 37.3 Å². The van der Waals surface area contributed by atoms with Gasteiger partial charge in [0, 0.05) is 15.7 Å². The van der Waals surface area contributed by atoms with Gasteiger partial charge < -0.3 is 10.2 Å². The Morgan fingerprint density at radius 2 is 1.71 bits per heavy atom. The van der Waals surface area contributed by atoms with E-state index in [1.165, 1.54) is 0 Å². The van der Waals surface area contributed by atoms with Crippen molar-refractivity contribution in [3.8, 4) is 0 Å². The highest BCUT2D eigenvalue weighted by Crippen LogP contribution is 2.47. The molecule has 3 aromatic carbocycles. The van der Waals surface area contributed by atoms with E-state index in [1.54, 1.807) is 0 Å². The number of carbonyl (C=O) groups is 1. The zero-order chi connectivity index (χ0) is 19.3. The van der Waals surface area contributed by atoms with E-state index in [-0.39, 0.29) is 5.91 Å². The lowest BCUT2D eigenvalue weighted by Crippen LogP contribution is -2.51. The van der Waals surface area contributed by atoms with Gasteiger partial charge in [0.05, 0.1) is 11.3 Å². The number of hydrogen-bond acceptors (Lipinski definition) is 4. The Hall–Kier alpha value is -3.12. The second kappa shape index (κ2) is 6.21. The predicted molar refractivity (Wildman–Crippen MR) is 112 cm³/mol. The van der Waals surface area contributed by atoms with Crippen molar-refractivity contribution in [3.63, 3.8) is 0 Å². The summed E-state index contributed by atoms with van der Waals surface area (Å²) in [6, 6.07) is 23.3. The summed E-state index contributed by atoms with van der Waals surface area (Å²) in [6.45, 7) is 2.03. The summed E-state index contributed by atoms with van der Waals surface area (Å²) < 4.78 is 0.969. The number of anilines is 2. The van der Waals surface area contributed by atoms with Crippen LogP contribution in [0.4, 0.5) is 11.4 Å². The van der Waals surface area contributed by atoms with Gasteiger partial charge in [0.1, 0.15) is 0 Å². The molecule has 0 aromatic heterocycles. The molecule has 138 valence electrons. The monoisotopic (exact) mass is 433 g/mol. The van der Waals surface area contributed by atoms with Crippen molar-refractivity contribution in [1.82, 2.24) is 0 Å². The van der Waals surface area contributed by atoms with Crippen LogP contribution < -0.4 is 10.2 Å². The maximum Gasteiger partial charge on any atom is 0.322 e. The first kappa shape index (κ1) is 17.0. The Bertz CT molecular complexity index is 1110. The molecule has 3 aromatic rings. The summed E-state index contributed by atoms with van der Waals surface area (Å²) in [7, 11) is 0. The first-order chi connectivity index (χ1) is 13.6. The number of amides is 1. The summed E-state index contributed by atoms with van der Waals surface area (Å²) >= 11 is 3.46. The minimum Gasteiger partial charge on any atom is -0.349 e. The number of fused-ring (bicyclic) bond motifs is 2. The Balaban J connectivity index is 1.72. The lowest BCUT2D eigenvalue weighted by Gasteiger charge is -2.32. The summed E-state index contributed by atoms with van der Waals surface area (Å²) in [5, 5.41) is 7.30. The van der Waals surface area contributed by atoms with Crippen molar-refractivity contribution in [2.24, 2.45) is 5.16 Å². The maximum absolute atomic E-state index is 13.2. The topological polar surface area (TPSA) is 53.9 Å². The zero-order valence-electron chi connectivity index (χ0n) is 15.0. The van der Waals surface area contributed by atoms with E-state index in [4.69, 9.17) is 4.84 Å². The second-order valence-corrected chi connectivity index (χ2v) is 7.74. The molecule has 6 heteroatoms. The van der Waals surface area contributed by atoms with Gasteiger partial charge in [-0.25, -0.2) is 0 Å². The third-order valence-electron chi connectivity index (χ3n) is 5.03. The molecule has 0 fully saturated rings. The summed E-state index contributed by atoms with van der Waals surface area (Å²) in [5.74, 6) is 0.327. The number of rotatable bonds is 2. The Morgan fingerprint density at radius 3 is 2.46 bits per heavy atom. The summed E-state index contributed by atoms with van der Waals surface area (Å²) in [6.07, 6.45) is 0. The third kappa shape index (κ3) is 2.38. The van der Waals surface area contributed by atoms with E-state index in [0.29, 0.717) is 5.84 Å². The number of benzene rings is 3. The minimum atomic E-state index is -1.37.